The summed E-state index contributed by atoms with van der Waals surface area (Å²) in [6, 6.07) is 12.8. The van der Waals surface area contributed by atoms with Gasteiger partial charge in [0.15, 0.2) is 11.4 Å². The molecule has 0 aliphatic heterocycles. The zero-order valence-corrected chi connectivity index (χ0v) is 18.4. The third-order valence-electron chi connectivity index (χ3n) is 5.27. The van der Waals surface area contributed by atoms with Crippen molar-refractivity contribution in [3.8, 4) is 11.6 Å². The summed E-state index contributed by atoms with van der Waals surface area (Å²) >= 11 is 0. The van der Waals surface area contributed by atoms with Gasteiger partial charge in [0.25, 0.3) is 0 Å². The number of carbonyl (C=O) groups is 2. The molecular formula is C24H19N7O3. The number of hydrogen-bond acceptors (Lipinski definition) is 9. The van der Waals surface area contributed by atoms with Gasteiger partial charge in [0.1, 0.15) is 30.5 Å². The third-order valence-corrected chi connectivity index (χ3v) is 5.27. The molecule has 10 heteroatoms. The van der Waals surface area contributed by atoms with Gasteiger partial charge in [0, 0.05) is 30.5 Å². The van der Waals surface area contributed by atoms with Gasteiger partial charge in [0.2, 0.25) is 11.7 Å². The molecule has 3 heterocycles. The lowest BCUT2D eigenvalue weighted by molar-refractivity contribution is -0.134. The van der Waals surface area contributed by atoms with Crippen LogP contribution in [0.2, 0.25) is 0 Å². The molecule has 0 amide bonds. The first-order valence-electron chi connectivity index (χ1n) is 10.4. The molecular weight excluding hydrogens is 434 g/mol. The summed E-state index contributed by atoms with van der Waals surface area (Å²) in [4.78, 5) is 36.1. The highest BCUT2D eigenvalue weighted by Gasteiger charge is 2.12. The summed E-state index contributed by atoms with van der Waals surface area (Å²) in [6.45, 7) is 3.21. The van der Waals surface area contributed by atoms with Crippen molar-refractivity contribution >= 4 is 39.6 Å². The first-order chi connectivity index (χ1) is 16.5. The summed E-state index contributed by atoms with van der Waals surface area (Å²) in [7, 11) is 0. The Morgan fingerprint density at radius 2 is 1.91 bits per heavy atom. The van der Waals surface area contributed by atoms with E-state index in [9.17, 15) is 9.59 Å². The van der Waals surface area contributed by atoms with E-state index in [0.717, 1.165) is 27.7 Å². The lowest BCUT2D eigenvalue weighted by Crippen LogP contribution is -2.12. The van der Waals surface area contributed by atoms with Crippen LogP contribution in [-0.4, -0.2) is 41.1 Å². The van der Waals surface area contributed by atoms with E-state index >= 15 is 0 Å². The first kappa shape index (κ1) is 21.1. The fourth-order valence-electron chi connectivity index (χ4n) is 3.48. The zero-order valence-electron chi connectivity index (χ0n) is 18.4. The van der Waals surface area contributed by atoms with Crippen molar-refractivity contribution in [3.05, 3.63) is 72.6 Å². The second kappa shape index (κ2) is 8.66. The van der Waals surface area contributed by atoms with E-state index in [0.29, 0.717) is 23.1 Å². The van der Waals surface area contributed by atoms with Crippen LogP contribution in [0.25, 0.3) is 16.6 Å². The van der Waals surface area contributed by atoms with Crippen LogP contribution in [0.3, 0.4) is 0 Å². The number of ether oxygens (including phenoxy) is 1. The molecule has 0 fully saturated rings. The molecule has 0 unspecified atom stereocenters. The highest BCUT2D eigenvalue weighted by Crippen LogP contribution is 2.29. The number of nitrogens with one attached hydrogen (secondary N) is 1. The molecule has 5 aromatic rings. The zero-order chi connectivity index (χ0) is 23.7. The van der Waals surface area contributed by atoms with E-state index in [4.69, 9.17) is 4.74 Å². The Kier molecular flexibility index (Phi) is 5.38. The Hall–Kier alpha value is -4.73. The lowest BCUT2D eigenvalue weighted by atomic mass is 10.0. The SMILES string of the molecule is CC(=O)C(=O)Cc1ccc2ncnc(Nc3ccc(Oc4cc5nncn5cn4)c(C)c3)c2c1. The van der Waals surface area contributed by atoms with Crippen molar-refractivity contribution in [2.24, 2.45) is 0 Å². The largest absolute Gasteiger partial charge is 0.439 e. The number of anilines is 2. The Labute approximate surface area is 193 Å². The quantitative estimate of drug-likeness (QED) is 0.368. The molecule has 2 aromatic carbocycles. The van der Waals surface area contributed by atoms with Crippen molar-refractivity contribution in [1.82, 2.24) is 29.5 Å². The van der Waals surface area contributed by atoms with Gasteiger partial charge in [-0.2, -0.15) is 0 Å². The van der Waals surface area contributed by atoms with E-state index in [-0.39, 0.29) is 6.42 Å². The number of benzene rings is 2. The van der Waals surface area contributed by atoms with Gasteiger partial charge in [-0.15, -0.1) is 10.2 Å². The van der Waals surface area contributed by atoms with Crippen LogP contribution >= 0.6 is 0 Å². The van der Waals surface area contributed by atoms with Crippen LogP contribution in [0, 0.1) is 6.92 Å². The van der Waals surface area contributed by atoms with E-state index in [1.165, 1.54) is 13.3 Å². The van der Waals surface area contributed by atoms with Crippen LogP contribution in [-0.2, 0) is 16.0 Å². The van der Waals surface area contributed by atoms with E-state index in [1.54, 1.807) is 29.2 Å². The first-order valence-corrected chi connectivity index (χ1v) is 10.4. The number of nitrogens with zero attached hydrogens (tertiary/aromatic N) is 6. The molecule has 0 radical (unpaired) electrons. The molecule has 34 heavy (non-hydrogen) atoms. The third kappa shape index (κ3) is 4.29. The molecule has 0 aliphatic rings. The number of Topliss-reactive ketones (excluding diaryl/α,β-unsaturated/α-hetero) is 2. The predicted octanol–water partition coefficient (Wildman–Crippen LogP) is 3.61. The minimum atomic E-state index is -0.461. The molecule has 0 saturated heterocycles. The fraction of sp³-hybridized carbons (Fsp3) is 0.125. The molecule has 5 rings (SSSR count). The number of hydrogen-bond donors (Lipinski definition) is 1. The van der Waals surface area contributed by atoms with Gasteiger partial charge in [-0.1, -0.05) is 6.07 Å². The van der Waals surface area contributed by atoms with Crippen LogP contribution in [0.15, 0.2) is 61.4 Å². The molecule has 10 nitrogen and oxygen atoms in total. The molecule has 0 atom stereocenters. The van der Waals surface area contributed by atoms with Gasteiger partial charge in [0.05, 0.1) is 5.52 Å². The predicted molar refractivity (Wildman–Crippen MR) is 124 cm³/mol. The molecule has 3 aromatic heterocycles. The summed E-state index contributed by atoms with van der Waals surface area (Å²) in [6.07, 6.45) is 4.67. The maximum Gasteiger partial charge on any atom is 0.224 e. The smallest absolute Gasteiger partial charge is 0.224 e. The van der Waals surface area contributed by atoms with Gasteiger partial charge in [-0.3, -0.25) is 14.0 Å². The van der Waals surface area contributed by atoms with Crippen molar-refractivity contribution in [3.63, 3.8) is 0 Å². The Bertz CT molecular complexity index is 1560. The Morgan fingerprint density at radius 1 is 1.03 bits per heavy atom. The standard InChI is InChI=1S/C24H19N7O3/c1-14-7-17(4-6-21(14)34-23-10-22-30-28-13-31(22)12-27-23)29-24-18-8-16(9-20(33)15(2)32)3-5-19(18)25-11-26-24/h3-8,10-13H,9H2,1-2H3,(H,25,26,29). The van der Waals surface area contributed by atoms with E-state index in [2.05, 4.69) is 30.5 Å². The van der Waals surface area contributed by atoms with Crippen molar-refractivity contribution in [2.75, 3.05) is 5.32 Å². The molecule has 168 valence electrons. The molecule has 0 bridgehead atoms. The highest BCUT2D eigenvalue weighted by atomic mass is 16.5. The lowest BCUT2D eigenvalue weighted by Gasteiger charge is -2.12. The minimum absolute atomic E-state index is 0.0411. The number of fused-ring (bicyclic) bond motifs is 2. The van der Waals surface area contributed by atoms with Crippen LogP contribution in [0.5, 0.6) is 11.6 Å². The maximum atomic E-state index is 11.9. The van der Waals surface area contributed by atoms with Crippen LogP contribution < -0.4 is 10.1 Å². The maximum absolute atomic E-state index is 11.9. The van der Waals surface area contributed by atoms with Crippen LogP contribution in [0.1, 0.15) is 18.1 Å². The van der Waals surface area contributed by atoms with Crippen LogP contribution in [0.4, 0.5) is 11.5 Å². The number of aromatic nitrogens is 6. The van der Waals surface area contributed by atoms with Crippen molar-refractivity contribution in [1.29, 1.82) is 0 Å². The topological polar surface area (TPSA) is 124 Å². The second-order valence-corrected chi connectivity index (χ2v) is 7.76. The summed E-state index contributed by atoms with van der Waals surface area (Å²) in [5, 5.41) is 11.9. The average molecular weight is 453 g/mol. The van der Waals surface area contributed by atoms with Gasteiger partial charge >= 0.3 is 0 Å². The fourth-order valence-corrected chi connectivity index (χ4v) is 3.48. The number of carbonyl (C=O) groups excluding carboxylic acids is 2. The molecule has 0 spiro atoms. The number of ketones is 2. The van der Waals surface area contributed by atoms with Gasteiger partial charge in [-0.25, -0.2) is 15.0 Å². The van der Waals surface area contributed by atoms with Crippen molar-refractivity contribution < 1.29 is 14.3 Å². The summed E-state index contributed by atoms with van der Waals surface area (Å²) < 4.78 is 7.62. The van der Waals surface area contributed by atoms with E-state index < -0.39 is 11.6 Å². The highest BCUT2D eigenvalue weighted by molar-refractivity contribution is 6.36. The minimum Gasteiger partial charge on any atom is -0.439 e. The van der Waals surface area contributed by atoms with Gasteiger partial charge < -0.3 is 10.1 Å². The average Bonchev–Trinajstić information content (AvgIpc) is 3.29. The summed E-state index contributed by atoms with van der Waals surface area (Å²) in [5.74, 6) is 0.763. The molecule has 1 N–H and O–H groups in total. The summed E-state index contributed by atoms with van der Waals surface area (Å²) in [5.41, 5.74) is 3.78. The van der Waals surface area contributed by atoms with Crippen molar-refractivity contribution in [2.45, 2.75) is 20.3 Å². The monoisotopic (exact) mass is 453 g/mol. The van der Waals surface area contributed by atoms with E-state index in [1.807, 2.05) is 37.3 Å². The Morgan fingerprint density at radius 3 is 2.74 bits per heavy atom. The van der Waals surface area contributed by atoms with Gasteiger partial charge in [-0.05, 0) is 48.4 Å². The molecule has 0 saturated carbocycles. The second-order valence-electron chi connectivity index (χ2n) is 7.76. The Balaban J connectivity index is 1.39. The number of aryl methyl sites for hydroxylation is 1. The normalized spacial score (nSPS) is 11.0. The molecule has 0 aliphatic carbocycles. The number of rotatable bonds is 7.